The van der Waals surface area contributed by atoms with E-state index in [1.165, 1.54) is 6.20 Å². The third kappa shape index (κ3) is 32.2. The van der Waals surface area contributed by atoms with Crippen LogP contribution >= 0.6 is 15.9 Å². The van der Waals surface area contributed by atoms with Crippen molar-refractivity contribution in [2.75, 3.05) is 13.1 Å². The molecule has 2 aromatic heterocycles. The van der Waals surface area contributed by atoms with E-state index in [-0.39, 0.29) is 196 Å². The molecule has 0 aliphatic heterocycles. The van der Waals surface area contributed by atoms with Gasteiger partial charge in [-0.2, -0.15) is 0 Å². The Balaban J connectivity index is -0.000000242. The van der Waals surface area contributed by atoms with Crippen molar-refractivity contribution < 1.29 is 213 Å². The fourth-order valence-electron chi connectivity index (χ4n) is 3.66. The Labute approximate surface area is 461 Å². The molecule has 1 atom stereocenters. The van der Waals surface area contributed by atoms with Gasteiger partial charge in [0.2, 0.25) is 0 Å². The van der Waals surface area contributed by atoms with Gasteiger partial charge in [0, 0.05) is 47.4 Å². The van der Waals surface area contributed by atoms with Crippen molar-refractivity contribution in [1.29, 1.82) is 0 Å². The molecular weight excluding hydrogens is 1060 g/mol. The second-order valence-electron chi connectivity index (χ2n) is 13.2. The molecule has 0 fully saturated rings. The van der Waals surface area contributed by atoms with Gasteiger partial charge in [0.15, 0.2) is 0 Å². The number of halogens is 1. The normalized spacial score (nSPS) is 10.8. The first-order chi connectivity index (χ1) is 25.6. The number of aromatic hydroxyl groups is 2. The Kier molecular flexibility index (Phi) is 39.3. The van der Waals surface area contributed by atoms with E-state index in [9.17, 15) is 29.7 Å². The fraction of sp³-hybridized carbons (Fsp3) is 0.600. The number of alkyl carbamates (subject to hydrolysis) is 2. The zero-order valence-electron chi connectivity index (χ0n) is 35.8. The van der Waals surface area contributed by atoms with Gasteiger partial charge in [-0.15, -0.1) is 0 Å². The van der Waals surface area contributed by atoms with Gasteiger partial charge in [0.25, 0.3) is 6.47 Å². The fourth-order valence-corrected chi connectivity index (χ4v) is 4.14. The minimum Gasteiger partial charge on any atom is -1.00 e. The van der Waals surface area contributed by atoms with E-state index in [0.29, 0.717) is 52.8 Å². The number of ether oxygens (including phenoxy) is 2. The molecule has 7 N–H and O–H groups in total. The predicted octanol–water partition coefficient (Wildman–Crippen LogP) is -2.25. The molecule has 1 unspecified atom stereocenters. The predicted molar refractivity (Wildman–Crippen MR) is 199 cm³/mol. The molecule has 0 bridgehead atoms. The molecule has 0 saturated heterocycles. The van der Waals surface area contributed by atoms with Crippen LogP contribution in [0, 0.1) is 13.8 Å². The average molecular weight is 1120 g/mol. The number of aryl methyl sites for hydroxylation is 2. The molecule has 0 aliphatic rings. The number of hydrogen-bond acceptors (Lipinski definition) is 16. The number of aliphatic carboxylic acids is 1. The van der Waals surface area contributed by atoms with E-state index >= 15 is 0 Å². The molecule has 2 amide bonds. The maximum absolute atomic E-state index is 11.6. The number of carboxylic acids is 1. The minimum absolute atomic E-state index is 0. The third-order valence-corrected chi connectivity index (χ3v) is 6.95. The second-order valence-corrected chi connectivity index (χ2v) is 13.8. The number of rotatable bonds is 15. The van der Waals surface area contributed by atoms with E-state index in [2.05, 4.69) is 41.4 Å². The number of hydrogen-bond donors (Lipinski definition) is 7. The zero-order chi connectivity index (χ0) is 42.8. The number of nitrogens with zero attached hydrogens (tertiary/aromatic N) is 2. The summed E-state index contributed by atoms with van der Waals surface area (Å²) < 4.78 is 10.1. The van der Waals surface area contributed by atoms with Crippen LogP contribution in [0.3, 0.4) is 0 Å². The van der Waals surface area contributed by atoms with Crippen LogP contribution in [0.2, 0.25) is 0 Å². The largest absolute Gasteiger partial charge is 1.00 e. The van der Waals surface area contributed by atoms with Gasteiger partial charge in [0.1, 0.15) is 35.4 Å². The molecule has 0 radical (unpaired) electrons. The Morgan fingerprint density at radius 3 is 1.72 bits per heavy atom. The van der Waals surface area contributed by atoms with Crippen LogP contribution in [0.15, 0.2) is 12.4 Å². The summed E-state index contributed by atoms with van der Waals surface area (Å²) >= 11 is 3.25. The van der Waals surface area contributed by atoms with Crippen LogP contribution in [-0.2, 0) is 58.9 Å². The summed E-state index contributed by atoms with van der Waals surface area (Å²) in [7, 11) is 0. The first kappa shape index (κ1) is 63.4. The van der Waals surface area contributed by atoms with E-state index in [1.54, 1.807) is 61.6 Å². The Bertz CT molecular complexity index is 1470. The number of pyridine rings is 2. The van der Waals surface area contributed by atoms with Gasteiger partial charge < -0.3 is 57.2 Å². The van der Waals surface area contributed by atoms with E-state index in [0.717, 1.165) is 5.56 Å². The quantitative estimate of drug-likeness (QED) is 0.0326. The third-order valence-electron chi connectivity index (χ3n) is 6.34. The van der Waals surface area contributed by atoms with Crippen molar-refractivity contribution in [2.24, 2.45) is 0 Å². The average Bonchev–Trinajstić information content (AvgIpc) is 3.10. The molecule has 2 rings (SSSR count). The summed E-state index contributed by atoms with van der Waals surface area (Å²) in [5, 5.41) is 60.1. The van der Waals surface area contributed by atoms with Gasteiger partial charge in [-0.25, -0.2) is 19.4 Å². The van der Waals surface area contributed by atoms with Crippen molar-refractivity contribution in [3.8, 4) is 11.5 Å². The van der Waals surface area contributed by atoms with E-state index < -0.39 is 29.4 Å². The summed E-state index contributed by atoms with van der Waals surface area (Å²) in [5.41, 5.74) is 2.16. The molecule has 0 spiro atoms. The molecule has 2 heterocycles. The number of aliphatic hydroxyl groups is 2. The van der Waals surface area contributed by atoms with Crippen molar-refractivity contribution >= 4 is 40.6 Å². The number of amides is 2. The Morgan fingerprint density at radius 1 is 0.895 bits per heavy atom. The van der Waals surface area contributed by atoms with Crippen molar-refractivity contribution in [1.82, 2.24) is 20.6 Å². The van der Waals surface area contributed by atoms with Gasteiger partial charge >= 0.3 is 156 Å². The van der Waals surface area contributed by atoms with Gasteiger partial charge in [0.05, 0.1) is 31.1 Å². The molecule has 0 aliphatic carbocycles. The monoisotopic (exact) mass is 1120 g/mol. The SMILES string of the molecule is CC(C)(C)OC(=O)NCCCC(=O)O.CCC(CNC(=O)OC(C)(C)C)OOCc1cnc(C)c(O)c1CO.Cc1ncc(CBr)c(CO)c1O.O=CO[O-].[Cs+].[Cs+].[H-]. The molecule has 316 valence electrons. The summed E-state index contributed by atoms with van der Waals surface area (Å²) in [6, 6.07) is 0. The molecule has 19 nitrogen and oxygen atoms in total. The topological polar surface area (TPSA) is 288 Å². The summed E-state index contributed by atoms with van der Waals surface area (Å²) in [4.78, 5) is 62.5. The molecule has 22 heteroatoms. The number of carbonyl (C=O) groups excluding carboxylic acids is 3. The summed E-state index contributed by atoms with van der Waals surface area (Å²) in [6.07, 6.45) is 2.84. The summed E-state index contributed by atoms with van der Waals surface area (Å²) in [5.74, 6) is -0.826. The smallest absolute Gasteiger partial charge is 1.00 e. The minimum atomic E-state index is -0.865. The number of nitrogens with one attached hydrogen (secondary N) is 2. The molecule has 57 heavy (non-hydrogen) atoms. The van der Waals surface area contributed by atoms with Crippen LogP contribution in [-0.4, -0.2) is 90.5 Å². The van der Waals surface area contributed by atoms with E-state index in [1.807, 2.05) is 6.92 Å². The Hall–Kier alpha value is -0.236. The number of aliphatic hydroxyl groups excluding tert-OH is 2. The van der Waals surface area contributed by atoms with Crippen molar-refractivity contribution in [2.45, 2.75) is 124 Å². The molecule has 2 aromatic rings. The van der Waals surface area contributed by atoms with Crippen LogP contribution in [0.4, 0.5) is 9.59 Å². The van der Waals surface area contributed by atoms with Crippen molar-refractivity contribution in [3.63, 3.8) is 0 Å². The van der Waals surface area contributed by atoms with Crippen molar-refractivity contribution in [3.05, 3.63) is 46.0 Å². The first-order valence-corrected chi connectivity index (χ1v) is 18.0. The van der Waals surface area contributed by atoms with Gasteiger partial charge in [-0.05, 0) is 73.8 Å². The van der Waals surface area contributed by atoms with Crippen LogP contribution < -0.4 is 154 Å². The number of aromatic nitrogens is 2. The standard InChI is InChI=1S/C17H28N2O6.C9H17NO4.C8H10BrNO2.CH2O3.2Cs.H/c1-6-13(8-19-16(22)24-17(3,4)5)25-23-10-12-7-18-11(2)15(21)14(12)9-20;1-9(2,3)14-8(13)10-6-4-5-7(11)12;1-5-8(12)7(4-11)6(2-9)3-10-5;2-1-4-3;;;/h7,13,20-21H,6,8-10H2,1-5H3,(H,19,22);4-6H2,1-3H3,(H,10,13)(H,11,12);3,11-12H,2,4H2,1H3;1,3H;;;/q;;;;2*+1;-1/p-1. The molecular formula is C35H57BrCs2N4O15. The maximum atomic E-state index is 11.6. The number of carboxylic acid groups (broad SMARTS) is 1. The van der Waals surface area contributed by atoms with Crippen LogP contribution in [0.5, 0.6) is 11.5 Å². The number of alkyl halides is 1. The second kappa shape index (κ2) is 35.4. The number of carbonyl (C=O) groups is 4. The Morgan fingerprint density at radius 2 is 1.33 bits per heavy atom. The first-order valence-electron chi connectivity index (χ1n) is 16.9. The zero-order valence-corrected chi connectivity index (χ0v) is 48.9. The van der Waals surface area contributed by atoms with E-state index in [4.69, 9.17) is 39.5 Å². The van der Waals surface area contributed by atoms with Crippen LogP contribution in [0.1, 0.15) is 103 Å². The van der Waals surface area contributed by atoms with Gasteiger partial charge in [-0.3, -0.25) is 19.6 Å². The summed E-state index contributed by atoms with van der Waals surface area (Å²) in [6.45, 7) is 15.8. The molecule has 0 saturated carbocycles. The molecule has 0 aromatic carbocycles. The maximum Gasteiger partial charge on any atom is 1.00 e. The van der Waals surface area contributed by atoms with Crippen LogP contribution in [0.25, 0.3) is 0 Å². The van der Waals surface area contributed by atoms with Gasteiger partial charge in [-0.1, -0.05) is 22.9 Å².